The molecule has 0 radical (unpaired) electrons. The van der Waals surface area contributed by atoms with E-state index < -0.39 is 17.5 Å². The molecule has 0 saturated carbocycles. The van der Waals surface area contributed by atoms with Crippen LogP contribution in [0.4, 0.5) is 13.2 Å². The highest BCUT2D eigenvalue weighted by molar-refractivity contribution is 5.22. The number of hydrogen-bond donors (Lipinski definition) is 1. The molecular formula is C16H22F3NO. The first kappa shape index (κ1) is 16.3. The van der Waals surface area contributed by atoms with Crippen molar-refractivity contribution < 1.29 is 17.9 Å². The zero-order valence-corrected chi connectivity index (χ0v) is 12.3. The van der Waals surface area contributed by atoms with Gasteiger partial charge in [-0.2, -0.15) is 0 Å². The summed E-state index contributed by atoms with van der Waals surface area (Å²) in [5.74, 6) is -3.68. The summed E-state index contributed by atoms with van der Waals surface area (Å²) in [6.45, 7) is 3.56. The van der Waals surface area contributed by atoms with Crippen molar-refractivity contribution in [2.45, 2.75) is 51.2 Å². The van der Waals surface area contributed by atoms with Crippen molar-refractivity contribution in [3.63, 3.8) is 0 Å². The van der Waals surface area contributed by atoms with E-state index in [1.54, 1.807) is 0 Å². The summed E-state index contributed by atoms with van der Waals surface area (Å²) >= 11 is 0. The Balaban J connectivity index is 2.06. The Labute approximate surface area is 123 Å². The predicted molar refractivity (Wildman–Crippen MR) is 75.6 cm³/mol. The van der Waals surface area contributed by atoms with Gasteiger partial charge in [0.2, 0.25) is 0 Å². The summed E-state index contributed by atoms with van der Waals surface area (Å²) in [4.78, 5) is 0. The molecule has 0 amide bonds. The number of nitrogens with one attached hydrogen (secondary N) is 1. The molecule has 2 nitrogen and oxygen atoms in total. The van der Waals surface area contributed by atoms with Gasteiger partial charge in [-0.3, -0.25) is 0 Å². The van der Waals surface area contributed by atoms with Crippen LogP contribution in [0.15, 0.2) is 12.1 Å². The zero-order chi connectivity index (χ0) is 15.2. The molecule has 0 aliphatic carbocycles. The lowest BCUT2D eigenvalue weighted by Crippen LogP contribution is -2.24. The molecule has 21 heavy (non-hydrogen) atoms. The van der Waals surface area contributed by atoms with Crippen LogP contribution < -0.4 is 5.32 Å². The SMILES string of the molecule is CCCNC(CCC1CCCO1)c1cc(F)c(F)c(F)c1. The summed E-state index contributed by atoms with van der Waals surface area (Å²) in [5.41, 5.74) is 0.456. The van der Waals surface area contributed by atoms with Gasteiger partial charge < -0.3 is 10.1 Å². The highest BCUT2D eigenvalue weighted by Crippen LogP contribution is 2.26. The van der Waals surface area contributed by atoms with Crippen LogP contribution in [0, 0.1) is 17.5 Å². The molecular weight excluding hydrogens is 279 g/mol. The van der Waals surface area contributed by atoms with E-state index in [1.807, 2.05) is 6.92 Å². The molecule has 118 valence electrons. The van der Waals surface area contributed by atoms with E-state index in [9.17, 15) is 13.2 Å². The molecule has 2 rings (SSSR count). The highest BCUT2D eigenvalue weighted by atomic mass is 19.2. The molecule has 5 heteroatoms. The van der Waals surface area contributed by atoms with Crippen molar-refractivity contribution in [3.05, 3.63) is 35.1 Å². The van der Waals surface area contributed by atoms with Gasteiger partial charge >= 0.3 is 0 Å². The zero-order valence-electron chi connectivity index (χ0n) is 12.3. The molecule has 0 bridgehead atoms. The van der Waals surface area contributed by atoms with E-state index in [-0.39, 0.29) is 12.1 Å². The fraction of sp³-hybridized carbons (Fsp3) is 0.625. The first-order valence-corrected chi connectivity index (χ1v) is 7.61. The maximum Gasteiger partial charge on any atom is 0.194 e. The van der Waals surface area contributed by atoms with Gasteiger partial charge in [-0.1, -0.05) is 6.92 Å². The molecule has 1 saturated heterocycles. The number of rotatable bonds is 7. The van der Waals surface area contributed by atoms with Crippen LogP contribution in [0.3, 0.4) is 0 Å². The van der Waals surface area contributed by atoms with Crippen LogP contribution in [0.5, 0.6) is 0 Å². The Morgan fingerprint density at radius 3 is 2.57 bits per heavy atom. The number of halogens is 3. The molecule has 1 aromatic rings. The second kappa shape index (κ2) is 7.80. The minimum absolute atomic E-state index is 0.182. The molecule has 1 fully saturated rings. The number of ether oxygens (including phenoxy) is 1. The fourth-order valence-corrected chi connectivity index (χ4v) is 2.71. The monoisotopic (exact) mass is 301 g/mol. The third-order valence-electron chi connectivity index (χ3n) is 3.85. The van der Waals surface area contributed by atoms with Gasteiger partial charge in [0.05, 0.1) is 6.10 Å². The Hall–Kier alpha value is -1.07. The largest absolute Gasteiger partial charge is 0.378 e. The number of hydrogen-bond acceptors (Lipinski definition) is 2. The average molecular weight is 301 g/mol. The molecule has 2 unspecified atom stereocenters. The molecule has 1 heterocycles. The third-order valence-corrected chi connectivity index (χ3v) is 3.85. The lowest BCUT2D eigenvalue weighted by Gasteiger charge is -2.21. The van der Waals surface area contributed by atoms with Gasteiger partial charge in [0.1, 0.15) is 0 Å². The van der Waals surface area contributed by atoms with E-state index in [0.29, 0.717) is 5.56 Å². The first-order valence-electron chi connectivity index (χ1n) is 7.61. The summed E-state index contributed by atoms with van der Waals surface area (Å²) in [7, 11) is 0. The van der Waals surface area contributed by atoms with Crippen LogP contribution in [-0.4, -0.2) is 19.3 Å². The lowest BCUT2D eigenvalue weighted by molar-refractivity contribution is 0.0995. The number of benzene rings is 1. The van der Waals surface area contributed by atoms with Crippen LogP contribution >= 0.6 is 0 Å². The summed E-state index contributed by atoms with van der Waals surface area (Å²) in [6, 6.07) is 1.99. The van der Waals surface area contributed by atoms with Gasteiger partial charge in [-0.05, 0) is 56.3 Å². The molecule has 1 N–H and O–H groups in total. The quantitative estimate of drug-likeness (QED) is 0.765. The minimum atomic E-state index is -1.41. The van der Waals surface area contributed by atoms with Crippen molar-refractivity contribution in [1.82, 2.24) is 5.32 Å². The summed E-state index contributed by atoms with van der Waals surface area (Å²) in [5, 5.41) is 3.27. The molecule has 2 atom stereocenters. The van der Waals surface area contributed by atoms with Crippen LogP contribution in [0.2, 0.25) is 0 Å². The van der Waals surface area contributed by atoms with Crippen molar-refractivity contribution in [2.75, 3.05) is 13.2 Å². The minimum Gasteiger partial charge on any atom is -0.378 e. The Morgan fingerprint density at radius 1 is 1.29 bits per heavy atom. The van der Waals surface area contributed by atoms with E-state index in [1.165, 1.54) is 0 Å². The second-order valence-corrected chi connectivity index (χ2v) is 5.52. The smallest absolute Gasteiger partial charge is 0.194 e. The summed E-state index contributed by atoms with van der Waals surface area (Å²) < 4.78 is 45.4. The first-order chi connectivity index (χ1) is 10.1. The van der Waals surface area contributed by atoms with Crippen molar-refractivity contribution in [2.24, 2.45) is 0 Å². The Kier molecular flexibility index (Phi) is 6.06. The topological polar surface area (TPSA) is 21.3 Å². The van der Waals surface area contributed by atoms with E-state index in [2.05, 4.69) is 5.32 Å². The van der Waals surface area contributed by atoms with Gasteiger partial charge in [0.15, 0.2) is 17.5 Å². The molecule has 1 aromatic carbocycles. The Morgan fingerprint density at radius 2 is 2.00 bits per heavy atom. The third kappa shape index (κ3) is 4.45. The van der Waals surface area contributed by atoms with Gasteiger partial charge in [-0.25, -0.2) is 13.2 Å². The predicted octanol–water partition coefficient (Wildman–Crippen LogP) is 4.10. The molecule has 0 spiro atoms. The van der Waals surface area contributed by atoms with E-state index >= 15 is 0 Å². The van der Waals surface area contributed by atoms with Crippen molar-refractivity contribution in [3.8, 4) is 0 Å². The lowest BCUT2D eigenvalue weighted by atomic mass is 9.98. The van der Waals surface area contributed by atoms with Crippen LogP contribution in [0.1, 0.15) is 50.6 Å². The van der Waals surface area contributed by atoms with Crippen molar-refractivity contribution in [1.29, 1.82) is 0 Å². The van der Waals surface area contributed by atoms with E-state index in [4.69, 9.17) is 4.74 Å². The maximum atomic E-state index is 13.4. The van der Waals surface area contributed by atoms with Gasteiger partial charge in [-0.15, -0.1) is 0 Å². The Bertz CT molecular complexity index is 438. The fourth-order valence-electron chi connectivity index (χ4n) is 2.71. The van der Waals surface area contributed by atoms with Gasteiger partial charge in [0.25, 0.3) is 0 Å². The molecule has 0 aromatic heterocycles. The van der Waals surface area contributed by atoms with E-state index in [0.717, 1.165) is 57.4 Å². The molecule has 1 aliphatic rings. The normalized spacial score (nSPS) is 19.9. The standard InChI is InChI=1S/C16H22F3NO/c1-2-7-20-15(6-5-12-4-3-8-21-12)11-9-13(17)16(19)14(18)10-11/h9-10,12,15,20H,2-8H2,1H3. The van der Waals surface area contributed by atoms with Crippen molar-refractivity contribution >= 4 is 0 Å². The second-order valence-electron chi connectivity index (χ2n) is 5.52. The average Bonchev–Trinajstić information content (AvgIpc) is 2.97. The maximum absolute atomic E-state index is 13.4. The highest BCUT2D eigenvalue weighted by Gasteiger charge is 2.21. The summed E-state index contributed by atoms with van der Waals surface area (Å²) in [6.07, 6.45) is 4.80. The molecule has 1 aliphatic heterocycles. The van der Waals surface area contributed by atoms with Crippen LogP contribution in [-0.2, 0) is 4.74 Å². The van der Waals surface area contributed by atoms with Crippen LogP contribution in [0.25, 0.3) is 0 Å². The van der Waals surface area contributed by atoms with Gasteiger partial charge in [0, 0.05) is 12.6 Å².